The molecule has 5 nitrogen and oxygen atoms in total. The number of aromatic nitrogens is 2. The van der Waals surface area contributed by atoms with Crippen molar-refractivity contribution in [3.05, 3.63) is 65.7 Å². The number of hydrogen-bond donors (Lipinski definition) is 2. The number of amides is 1. The molecule has 2 N–H and O–H groups in total. The highest BCUT2D eigenvalue weighted by molar-refractivity contribution is 5.91. The maximum atomic E-state index is 12.5. The van der Waals surface area contributed by atoms with Gasteiger partial charge in [-0.2, -0.15) is 0 Å². The average molecular weight is 359 g/mol. The van der Waals surface area contributed by atoms with Gasteiger partial charge in [-0.1, -0.05) is 36.3 Å². The van der Waals surface area contributed by atoms with E-state index >= 15 is 0 Å². The highest BCUT2D eigenvalue weighted by Crippen LogP contribution is 2.30. The summed E-state index contributed by atoms with van der Waals surface area (Å²) in [6.45, 7) is 1.95. The van der Waals surface area contributed by atoms with Crippen LogP contribution in [0.2, 0.25) is 0 Å². The molecular weight excluding hydrogens is 338 g/mol. The lowest BCUT2D eigenvalue weighted by molar-refractivity contribution is -0.132. The zero-order valence-corrected chi connectivity index (χ0v) is 15.1. The van der Waals surface area contributed by atoms with Crippen molar-refractivity contribution in [1.82, 2.24) is 15.0 Å². The van der Waals surface area contributed by atoms with Crippen molar-refractivity contribution in [2.45, 2.75) is 32.2 Å². The molecule has 1 amide bonds. The molecule has 0 radical (unpaired) electrons. The van der Waals surface area contributed by atoms with E-state index in [1.54, 1.807) is 6.20 Å². The Bertz CT molecular complexity index is 1040. The minimum atomic E-state index is -0.604. The van der Waals surface area contributed by atoms with Gasteiger partial charge in [0, 0.05) is 41.2 Å². The number of aryl methyl sites for hydroxylation is 1. The van der Waals surface area contributed by atoms with Gasteiger partial charge >= 0.3 is 0 Å². The van der Waals surface area contributed by atoms with Crippen molar-refractivity contribution < 1.29 is 10.0 Å². The summed E-state index contributed by atoms with van der Waals surface area (Å²) in [6, 6.07) is 11.1. The first-order valence-corrected chi connectivity index (χ1v) is 9.13. The second-order valence-electron chi connectivity index (χ2n) is 6.97. The number of pyridine rings is 1. The first-order chi connectivity index (χ1) is 13.2. The van der Waals surface area contributed by atoms with E-state index in [0.717, 1.165) is 40.6 Å². The van der Waals surface area contributed by atoms with Gasteiger partial charge in [0.2, 0.25) is 0 Å². The van der Waals surface area contributed by atoms with E-state index in [2.05, 4.69) is 16.8 Å². The molecule has 136 valence electrons. The molecule has 0 aliphatic heterocycles. The van der Waals surface area contributed by atoms with Gasteiger partial charge in [0.1, 0.15) is 11.7 Å². The summed E-state index contributed by atoms with van der Waals surface area (Å²) >= 11 is 0. The third kappa shape index (κ3) is 3.57. The van der Waals surface area contributed by atoms with E-state index in [4.69, 9.17) is 0 Å². The predicted octanol–water partition coefficient (Wildman–Crippen LogP) is 3.40. The van der Waals surface area contributed by atoms with Gasteiger partial charge in [0.25, 0.3) is 5.91 Å². The second-order valence-corrected chi connectivity index (χ2v) is 6.97. The molecule has 27 heavy (non-hydrogen) atoms. The lowest BCUT2D eigenvalue weighted by atomic mass is 10.0. The van der Waals surface area contributed by atoms with Gasteiger partial charge in [0.05, 0.1) is 0 Å². The fourth-order valence-electron chi connectivity index (χ4n) is 3.30. The van der Waals surface area contributed by atoms with Gasteiger partial charge in [-0.3, -0.25) is 15.0 Å². The van der Waals surface area contributed by atoms with Crippen molar-refractivity contribution in [3.63, 3.8) is 0 Å². The van der Waals surface area contributed by atoms with Gasteiger partial charge in [-0.25, -0.2) is 5.48 Å². The van der Waals surface area contributed by atoms with Crippen LogP contribution in [0.1, 0.15) is 35.8 Å². The number of carbonyl (C=O) groups excluding carboxylic acids is 1. The largest absolute Gasteiger partial charge is 0.327 e. The third-order valence-corrected chi connectivity index (χ3v) is 4.96. The summed E-state index contributed by atoms with van der Waals surface area (Å²) in [6.07, 6.45) is 6.42. The number of rotatable bonds is 4. The Labute approximate surface area is 158 Å². The SMILES string of the molecule is Cc1nccc2c(C#CC3CC3)n(C(Cc3ccccc3)C(=O)NO)cc12. The van der Waals surface area contributed by atoms with Crippen LogP contribution < -0.4 is 5.48 Å². The third-order valence-electron chi connectivity index (χ3n) is 4.96. The molecule has 3 aromatic rings. The lowest BCUT2D eigenvalue weighted by Gasteiger charge is -2.18. The van der Waals surface area contributed by atoms with Crippen LogP contribution in [0.4, 0.5) is 0 Å². The summed E-state index contributed by atoms with van der Waals surface area (Å²) in [7, 11) is 0. The number of benzene rings is 1. The number of hydrogen-bond acceptors (Lipinski definition) is 3. The number of hydroxylamine groups is 1. The van der Waals surface area contributed by atoms with Gasteiger partial charge in [0.15, 0.2) is 0 Å². The van der Waals surface area contributed by atoms with Crippen LogP contribution in [0.3, 0.4) is 0 Å². The van der Waals surface area contributed by atoms with Crippen LogP contribution in [0.15, 0.2) is 48.8 Å². The monoisotopic (exact) mass is 359 g/mol. The Balaban J connectivity index is 1.85. The van der Waals surface area contributed by atoms with E-state index in [1.165, 1.54) is 0 Å². The number of nitrogens with one attached hydrogen (secondary N) is 1. The normalized spacial score (nSPS) is 14.4. The minimum absolute atomic E-state index is 0.450. The summed E-state index contributed by atoms with van der Waals surface area (Å²) in [5.74, 6) is 6.59. The second kappa shape index (κ2) is 7.26. The summed E-state index contributed by atoms with van der Waals surface area (Å²) < 4.78 is 1.88. The Hall–Kier alpha value is -3.10. The minimum Gasteiger partial charge on any atom is -0.327 e. The predicted molar refractivity (Wildman–Crippen MR) is 103 cm³/mol. The van der Waals surface area contributed by atoms with E-state index in [0.29, 0.717) is 12.3 Å². The van der Waals surface area contributed by atoms with Crippen molar-refractivity contribution in [3.8, 4) is 11.8 Å². The zero-order valence-electron chi connectivity index (χ0n) is 15.1. The Morgan fingerprint density at radius 2 is 2.07 bits per heavy atom. The van der Waals surface area contributed by atoms with E-state index in [9.17, 15) is 10.0 Å². The van der Waals surface area contributed by atoms with Crippen molar-refractivity contribution in [2.24, 2.45) is 5.92 Å². The maximum absolute atomic E-state index is 12.5. The molecule has 1 aliphatic rings. The van der Waals surface area contributed by atoms with Crippen LogP contribution in [-0.2, 0) is 11.2 Å². The first kappa shape index (κ1) is 17.3. The molecule has 4 rings (SSSR count). The smallest absolute Gasteiger partial charge is 0.266 e. The number of carbonyl (C=O) groups is 1. The molecule has 0 bridgehead atoms. The van der Waals surface area contributed by atoms with E-state index in [1.807, 2.05) is 59.6 Å². The Kier molecular flexibility index (Phi) is 4.66. The fraction of sp³-hybridized carbons (Fsp3) is 0.273. The fourth-order valence-corrected chi connectivity index (χ4v) is 3.30. The standard InChI is InChI=1S/C22H21N3O2/c1-15-19-14-25(20(10-9-16-7-8-16)18(19)11-12-23-15)21(22(26)24-27)13-17-5-3-2-4-6-17/h2-6,11-12,14,16,21,27H,7-8,13H2,1H3,(H,24,26). The van der Waals surface area contributed by atoms with Crippen molar-refractivity contribution in [1.29, 1.82) is 0 Å². The van der Waals surface area contributed by atoms with Crippen LogP contribution >= 0.6 is 0 Å². The van der Waals surface area contributed by atoms with Crippen molar-refractivity contribution >= 4 is 16.7 Å². The molecule has 2 aromatic heterocycles. The lowest BCUT2D eigenvalue weighted by Crippen LogP contribution is -2.32. The molecule has 1 atom stereocenters. The van der Waals surface area contributed by atoms with Crippen LogP contribution in [0, 0.1) is 24.7 Å². The van der Waals surface area contributed by atoms with Gasteiger partial charge < -0.3 is 4.57 Å². The molecule has 1 aliphatic carbocycles. The molecule has 2 heterocycles. The quantitative estimate of drug-likeness (QED) is 0.426. The zero-order chi connectivity index (χ0) is 18.8. The maximum Gasteiger partial charge on any atom is 0.266 e. The molecule has 1 fully saturated rings. The molecule has 5 heteroatoms. The van der Waals surface area contributed by atoms with Crippen LogP contribution in [-0.4, -0.2) is 20.7 Å². The van der Waals surface area contributed by atoms with Crippen LogP contribution in [0.5, 0.6) is 0 Å². The molecule has 0 spiro atoms. The number of fused-ring (bicyclic) bond motifs is 1. The summed E-state index contributed by atoms with van der Waals surface area (Å²) in [4.78, 5) is 16.9. The number of nitrogens with zero attached hydrogens (tertiary/aromatic N) is 2. The molecule has 1 unspecified atom stereocenters. The first-order valence-electron chi connectivity index (χ1n) is 9.13. The highest BCUT2D eigenvalue weighted by Gasteiger charge is 2.25. The topological polar surface area (TPSA) is 67.2 Å². The van der Waals surface area contributed by atoms with Gasteiger partial charge in [-0.05, 0) is 37.3 Å². The van der Waals surface area contributed by atoms with Crippen molar-refractivity contribution in [2.75, 3.05) is 0 Å². The highest BCUT2D eigenvalue weighted by atomic mass is 16.5. The molecular formula is C22H21N3O2. The van der Waals surface area contributed by atoms with E-state index < -0.39 is 11.9 Å². The van der Waals surface area contributed by atoms with Crippen LogP contribution in [0.25, 0.3) is 10.8 Å². The molecule has 1 saturated carbocycles. The Morgan fingerprint density at radius 3 is 2.78 bits per heavy atom. The Morgan fingerprint density at radius 1 is 1.30 bits per heavy atom. The summed E-state index contributed by atoms with van der Waals surface area (Å²) in [5.41, 5.74) is 4.53. The summed E-state index contributed by atoms with van der Waals surface area (Å²) in [5, 5.41) is 11.3. The molecule has 1 aromatic carbocycles. The van der Waals surface area contributed by atoms with E-state index in [-0.39, 0.29) is 0 Å². The molecule has 0 saturated heterocycles. The van der Waals surface area contributed by atoms with Gasteiger partial charge in [-0.15, -0.1) is 0 Å². The average Bonchev–Trinajstić information content (AvgIpc) is 3.45.